The summed E-state index contributed by atoms with van der Waals surface area (Å²) in [6, 6.07) is 8.18. The number of hydrogen-bond donors (Lipinski definition) is 1. The number of para-hydroxylation sites is 1. The fourth-order valence-electron chi connectivity index (χ4n) is 1.56. The molecule has 2 N–H and O–H groups in total. The van der Waals surface area contributed by atoms with Gasteiger partial charge in [0, 0.05) is 11.1 Å². The van der Waals surface area contributed by atoms with Crippen LogP contribution in [0.3, 0.4) is 0 Å². The van der Waals surface area contributed by atoms with Crippen LogP contribution in [0.5, 0.6) is 0 Å². The van der Waals surface area contributed by atoms with Crippen molar-refractivity contribution in [1.82, 2.24) is 4.68 Å². The summed E-state index contributed by atoms with van der Waals surface area (Å²) in [5.74, 6) is 5.86. The molecule has 0 fully saturated rings. The molecule has 0 aliphatic rings. The number of hydrogen-bond acceptors (Lipinski definition) is 1. The Kier molecular flexibility index (Phi) is 1.37. The van der Waals surface area contributed by atoms with Crippen LogP contribution in [-0.2, 0) is 0 Å². The van der Waals surface area contributed by atoms with Gasteiger partial charge in [-0.1, -0.05) is 18.2 Å². The lowest BCUT2D eigenvalue weighted by atomic mass is 10.2. The van der Waals surface area contributed by atoms with E-state index in [9.17, 15) is 0 Å². The molecule has 0 unspecified atom stereocenters. The third-order valence-corrected chi connectivity index (χ3v) is 2.47. The normalized spacial score (nSPS) is 10.8. The number of benzene rings is 1. The molecule has 12 heavy (non-hydrogen) atoms. The number of rotatable bonds is 0. The second kappa shape index (κ2) is 2.27. The van der Waals surface area contributed by atoms with Crippen LogP contribution in [0.25, 0.3) is 10.9 Å². The highest BCUT2D eigenvalue weighted by atomic mass is 15.3. The largest absolute Gasteiger partial charge is 0.339 e. The Balaban J connectivity index is 2.99. The second-order valence-corrected chi connectivity index (χ2v) is 3.10. The zero-order valence-corrected chi connectivity index (χ0v) is 7.33. The number of aryl methyl sites for hydroxylation is 1. The number of nitrogen functional groups attached to an aromatic ring is 1. The molecule has 0 aliphatic carbocycles. The highest BCUT2D eigenvalue weighted by Gasteiger charge is 2.06. The van der Waals surface area contributed by atoms with Gasteiger partial charge in [-0.25, -0.2) is 0 Å². The number of nitrogens with zero attached hydrogens (tertiary/aromatic N) is 1. The summed E-state index contributed by atoms with van der Waals surface area (Å²) < 4.78 is 1.74. The van der Waals surface area contributed by atoms with Crippen LogP contribution in [0.1, 0.15) is 11.3 Å². The maximum atomic E-state index is 5.86. The molecule has 0 aliphatic heterocycles. The van der Waals surface area contributed by atoms with Crippen molar-refractivity contribution in [2.24, 2.45) is 0 Å². The van der Waals surface area contributed by atoms with Crippen molar-refractivity contribution in [3.8, 4) is 0 Å². The molecule has 0 saturated carbocycles. The van der Waals surface area contributed by atoms with E-state index in [0.29, 0.717) is 0 Å². The van der Waals surface area contributed by atoms with Crippen molar-refractivity contribution in [2.45, 2.75) is 13.8 Å². The molecule has 0 saturated heterocycles. The lowest BCUT2D eigenvalue weighted by Gasteiger charge is -1.97. The number of fused-ring (bicyclic) bond motifs is 1. The van der Waals surface area contributed by atoms with Crippen molar-refractivity contribution in [1.29, 1.82) is 0 Å². The van der Waals surface area contributed by atoms with E-state index in [0.717, 1.165) is 11.2 Å². The molecule has 2 heteroatoms. The van der Waals surface area contributed by atoms with E-state index in [1.54, 1.807) is 4.68 Å². The minimum absolute atomic E-state index is 1.10. The summed E-state index contributed by atoms with van der Waals surface area (Å²) >= 11 is 0. The Bertz CT molecular complexity index is 388. The van der Waals surface area contributed by atoms with Crippen molar-refractivity contribution in [3.05, 3.63) is 35.5 Å². The molecule has 2 rings (SSSR count). The first kappa shape index (κ1) is 7.22. The van der Waals surface area contributed by atoms with E-state index < -0.39 is 0 Å². The van der Waals surface area contributed by atoms with Gasteiger partial charge in [0.25, 0.3) is 0 Å². The highest BCUT2D eigenvalue weighted by Crippen LogP contribution is 2.21. The summed E-state index contributed by atoms with van der Waals surface area (Å²) in [5.41, 5.74) is 3.51. The Morgan fingerprint density at radius 1 is 1.17 bits per heavy atom. The van der Waals surface area contributed by atoms with Gasteiger partial charge in [-0.2, -0.15) is 0 Å². The molecule has 0 radical (unpaired) electrons. The topological polar surface area (TPSA) is 30.9 Å². The Morgan fingerprint density at radius 3 is 2.50 bits per heavy atom. The van der Waals surface area contributed by atoms with Crippen molar-refractivity contribution in [3.63, 3.8) is 0 Å². The van der Waals surface area contributed by atoms with E-state index in [1.165, 1.54) is 10.9 Å². The molecule has 2 nitrogen and oxygen atoms in total. The first-order valence-corrected chi connectivity index (χ1v) is 4.03. The van der Waals surface area contributed by atoms with Gasteiger partial charge in [0.1, 0.15) is 0 Å². The fraction of sp³-hybridized carbons (Fsp3) is 0.200. The van der Waals surface area contributed by atoms with Crippen LogP contribution in [0.15, 0.2) is 24.3 Å². The van der Waals surface area contributed by atoms with E-state index in [2.05, 4.69) is 13.0 Å². The average Bonchev–Trinajstić information content (AvgIpc) is 2.33. The van der Waals surface area contributed by atoms with Gasteiger partial charge < -0.3 is 5.84 Å². The maximum Gasteiger partial charge on any atom is 0.0695 e. The summed E-state index contributed by atoms with van der Waals surface area (Å²) in [7, 11) is 0. The van der Waals surface area contributed by atoms with Crippen LogP contribution >= 0.6 is 0 Å². The van der Waals surface area contributed by atoms with E-state index in [4.69, 9.17) is 5.84 Å². The molecule has 1 heterocycles. The third-order valence-electron chi connectivity index (χ3n) is 2.47. The van der Waals surface area contributed by atoms with Gasteiger partial charge in [0.15, 0.2) is 0 Å². The van der Waals surface area contributed by atoms with Crippen molar-refractivity contribution in [2.75, 3.05) is 5.84 Å². The Hall–Kier alpha value is -1.44. The zero-order valence-electron chi connectivity index (χ0n) is 7.33. The lowest BCUT2D eigenvalue weighted by Crippen LogP contribution is -2.09. The Labute approximate surface area is 71.6 Å². The number of nitrogens with two attached hydrogens (primary N) is 1. The molecule has 0 spiro atoms. The van der Waals surface area contributed by atoms with Crippen molar-refractivity contribution < 1.29 is 0 Å². The van der Waals surface area contributed by atoms with Gasteiger partial charge >= 0.3 is 0 Å². The van der Waals surface area contributed by atoms with Gasteiger partial charge in [0.05, 0.1) is 5.52 Å². The van der Waals surface area contributed by atoms with Crippen LogP contribution in [0.2, 0.25) is 0 Å². The summed E-state index contributed by atoms with van der Waals surface area (Å²) in [6.45, 7) is 4.14. The molecule has 62 valence electrons. The standard InChI is InChI=1S/C10H12N2/c1-7-8(2)12(11)10-6-4-3-5-9(7)10/h3-6H,11H2,1-2H3. The van der Waals surface area contributed by atoms with Crippen LogP contribution in [-0.4, -0.2) is 4.68 Å². The van der Waals surface area contributed by atoms with E-state index in [-0.39, 0.29) is 0 Å². The van der Waals surface area contributed by atoms with Gasteiger partial charge in [0.2, 0.25) is 0 Å². The zero-order chi connectivity index (χ0) is 8.72. The first-order chi connectivity index (χ1) is 5.72. The molecule has 2 aromatic rings. The summed E-state index contributed by atoms with van der Waals surface area (Å²) in [5, 5.41) is 1.25. The van der Waals surface area contributed by atoms with Crippen molar-refractivity contribution >= 4 is 10.9 Å². The SMILES string of the molecule is Cc1c(C)n(N)c2ccccc12. The Morgan fingerprint density at radius 2 is 1.83 bits per heavy atom. The monoisotopic (exact) mass is 160 g/mol. The molecule has 0 amide bonds. The minimum atomic E-state index is 1.10. The van der Waals surface area contributed by atoms with E-state index in [1.807, 2.05) is 25.1 Å². The van der Waals surface area contributed by atoms with E-state index >= 15 is 0 Å². The molecule has 1 aromatic heterocycles. The third kappa shape index (κ3) is 0.749. The fourth-order valence-corrected chi connectivity index (χ4v) is 1.56. The highest BCUT2D eigenvalue weighted by molar-refractivity contribution is 5.85. The quantitative estimate of drug-likeness (QED) is 0.587. The minimum Gasteiger partial charge on any atom is -0.339 e. The average molecular weight is 160 g/mol. The molecular formula is C10H12N2. The second-order valence-electron chi connectivity index (χ2n) is 3.10. The maximum absolute atomic E-state index is 5.86. The van der Waals surface area contributed by atoms with Crippen LogP contribution in [0, 0.1) is 13.8 Å². The number of aromatic nitrogens is 1. The predicted molar refractivity (Wildman–Crippen MR) is 51.6 cm³/mol. The summed E-state index contributed by atoms with van der Waals surface area (Å²) in [4.78, 5) is 0. The summed E-state index contributed by atoms with van der Waals surface area (Å²) in [6.07, 6.45) is 0. The van der Waals surface area contributed by atoms with Gasteiger partial charge in [-0.15, -0.1) is 0 Å². The molecule has 0 atom stereocenters. The first-order valence-electron chi connectivity index (χ1n) is 4.03. The smallest absolute Gasteiger partial charge is 0.0695 e. The molecular weight excluding hydrogens is 148 g/mol. The lowest BCUT2D eigenvalue weighted by molar-refractivity contribution is 0.989. The van der Waals surface area contributed by atoms with Crippen LogP contribution in [0.4, 0.5) is 0 Å². The van der Waals surface area contributed by atoms with Gasteiger partial charge in [-0.05, 0) is 25.5 Å². The predicted octanol–water partition coefficient (Wildman–Crippen LogP) is 1.97. The molecule has 0 bridgehead atoms. The van der Waals surface area contributed by atoms with Crippen LogP contribution < -0.4 is 5.84 Å². The molecule has 1 aromatic carbocycles. The van der Waals surface area contributed by atoms with Gasteiger partial charge in [-0.3, -0.25) is 4.68 Å².